The summed E-state index contributed by atoms with van der Waals surface area (Å²) in [4.78, 5) is 36.5. The SMILES string of the molecule is O=C(C(=Nc1ccc(F)cc1N=C(C(=O)c1ccccc1)c1ccccc1)c1ccccc1)c1ccccc1. The Hall–Kier alpha value is -5.29. The maximum Gasteiger partial charge on any atom is 0.211 e. The Labute approximate surface area is 225 Å². The molecule has 0 unspecified atom stereocenters. The first-order valence-corrected chi connectivity index (χ1v) is 12.4. The highest BCUT2D eigenvalue weighted by Gasteiger charge is 2.20. The van der Waals surface area contributed by atoms with Crippen molar-refractivity contribution < 1.29 is 14.0 Å². The van der Waals surface area contributed by atoms with Crippen LogP contribution in [-0.4, -0.2) is 23.0 Å². The Kier molecular flexibility index (Phi) is 7.70. The van der Waals surface area contributed by atoms with Crippen LogP contribution in [0.1, 0.15) is 31.8 Å². The number of rotatable bonds is 8. The lowest BCUT2D eigenvalue weighted by Crippen LogP contribution is -2.16. The molecule has 0 bridgehead atoms. The van der Waals surface area contributed by atoms with Gasteiger partial charge in [-0.15, -0.1) is 0 Å². The number of Topliss-reactive ketones (excluding diaryl/α,β-unsaturated/α-hetero) is 2. The molecule has 0 saturated carbocycles. The van der Waals surface area contributed by atoms with Crippen LogP contribution in [0.5, 0.6) is 0 Å². The Morgan fingerprint density at radius 1 is 0.436 bits per heavy atom. The minimum atomic E-state index is -0.539. The third-order valence-corrected chi connectivity index (χ3v) is 6.00. The molecular formula is C34H23FN2O2. The molecule has 0 spiro atoms. The molecule has 5 rings (SSSR count). The van der Waals surface area contributed by atoms with Crippen molar-refractivity contribution in [3.8, 4) is 0 Å². The third-order valence-electron chi connectivity index (χ3n) is 6.00. The van der Waals surface area contributed by atoms with E-state index in [-0.39, 0.29) is 34.4 Å². The van der Waals surface area contributed by atoms with E-state index in [1.165, 1.54) is 18.2 Å². The highest BCUT2D eigenvalue weighted by atomic mass is 19.1. The van der Waals surface area contributed by atoms with E-state index in [2.05, 4.69) is 4.99 Å². The maximum absolute atomic E-state index is 14.5. The van der Waals surface area contributed by atoms with E-state index in [1.54, 1.807) is 84.9 Å². The van der Waals surface area contributed by atoms with Gasteiger partial charge in [-0.2, -0.15) is 0 Å². The Morgan fingerprint density at radius 2 is 0.795 bits per heavy atom. The predicted molar refractivity (Wildman–Crippen MR) is 153 cm³/mol. The van der Waals surface area contributed by atoms with Crippen molar-refractivity contribution in [3.63, 3.8) is 0 Å². The lowest BCUT2D eigenvalue weighted by molar-refractivity contribution is 0.105. The number of benzene rings is 5. The van der Waals surface area contributed by atoms with Gasteiger partial charge in [0.2, 0.25) is 11.6 Å². The fraction of sp³-hybridized carbons (Fsp3) is 0. The summed E-state index contributed by atoms with van der Waals surface area (Å²) in [5, 5.41) is 0. The molecule has 0 aliphatic heterocycles. The second-order valence-corrected chi connectivity index (χ2v) is 8.68. The first kappa shape index (κ1) is 25.4. The summed E-state index contributed by atoms with van der Waals surface area (Å²) < 4.78 is 14.5. The summed E-state index contributed by atoms with van der Waals surface area (Å²) in [5.74, 6) is -1.14. The number of nitrogens with zero attached hydrogens (tertiary/aromatic N) is 2. The molecule has 0 saturated heterocycles. The Bertz CT molecular complexity index is 1660. The van der Waals surface area contributed by atoms with Crippen LogP contribution in [0.4, 0.5) is 15.8 Å². The second kappa shape index (κ2) is 11.8. The summed E-state index contributed by atoms with van der Waals surface area (Å²) in [6, 6.07) is 39.6. The molecule has 0 atom stereocenters. The van der Waals surface area contributed by atoms with Gasteiger partial charge in [0.05, 0.1) is 11.4 Å². The lowest BCUT2D eigenvalue weighted by atomic mass is 10.00. The van der Waals surface area contributed by atoms with E-state index < -0.39 is 5.82 Å². The summed E-state index contributed by atoms with van der Waals surface area (Å²) >= 11 is 0. The molecule has 5 heteroatoms. The summed E-state index contributed by atoms with van der Waals surface area (Å²) in [6.45, 7) is 0. The van der Waals surface area contributed by atoms with E-state index in [0.717, 1.165) is 0 Å². The van der Waals surface area contributed by atoms with Crippen molar-refractivity contribution in [1.29, 1.82) is 0 Å². The number of hydrogen-bond acceptors (Lipinski definition) is 4. The largest absolute Gasteiger partial charge is 0.287 e. The maximum atomic E-state index is 14.5. The molecule has 4 nitrogen and oxygen atoms in total. The van der Waals surface area contributed by atoms with Gasteiger partial charge in [0.25, 0.3) is 0 Å². The monoisotopic (exact) mass is 510 g/mol. The Morgan fingerprint density at radius 3 is 1.21 bits per heavy atom. The molecule has 0 amide bonds. The summed E-state index contributed by atoms with van der Waals surface area (Å²) in [5.41, 5.74) is 2.81. The van der Waals surface area contributed by atoms with Crippen LogP contribution in [0.15, 0.2) is 150 Å². The highest BCUT2D eigenvalue weighted by molar-refractivity contribution is 6.52. The number of aliphatic imine (C=N–C) groups is 2. The minimum absolute atomic E-state index is 0.132. The molecule has 0 N–H and O–H groups in total. The van der Waals surface area contributed by atoms with Gasteiger partial charge in [0.15, 0.2) is 0 Å². The fourth-order valence-electron chi connectivity index (χ4n) is 4.06. The number of carbonyl (C=O) groups is 2. The van der Waals surface area contributed by atoms with Gasteiger partial charge < -0.3 is 0 Å². The second-order valence-electron chi connectivity index (χ2n) is 8.68. The average Bonchev–Trinajstić information content (AvgIpc) is 3.00. The molecule has 0 radical (unpaired) electrons. The average molecular weight is 511 g/mol. The zero-order valence-corrected chi connectivity index (χ0v) is 20.9. The van der Waals surface area contributed by atoms with Crippen molar-refractivity contribution in [1.82, 2.24) is 0 Å². The molecule has 0 aliphatic rings. The topological polar surface area (TPSA) is 58.9 Å². The molecule has 0 aliphatic carbocycles. The van der Waals surface area contributed by atoms with Gasteiger partial charge in [-0.3, -0.25) is 9.59 Å². The number of ketones is 2. The van der Waals surface area contributed by atoms with Crippen LogP contribution in [0.3, 0.4) is 0 Å². The molecule has 39 heavy (non-hydrogen) atoms. The van der Waals surface area contributed by atoms with E-state index in [9.17, 15) is 14.0 Å². The predicted octanol–water partition coefficient (Wildman–Crippen LogP) is 7.83. The van der Waals surface area contributed by atoms with Crippen molar-refractivity contribution in [2.45, 2.75) is 0 Å². The molecule has 5 aromatic carbocycles. The van der Waals surface area contributed by atoms with Crippen LogP contribution in [0.25, 0.3) is 0 Å². The van der Waals surface area contributed by atoms with E-state index in [0.29, 0.717) is 22.3 Å². The number of carbonyl (C=O) groups excluding carboxylic acids is 2. The van der Waals surface area contributed by atoms with Crippen molar-refractivity contribution in [3.05, 3.63) is 168 Å². The molecule has 0 fully saturated rings. The first-order chi connectivity index (χ1) is 19.1. The Balaban J connectivity index is 1.69. The van der Waals surface area contributed by atoms with Crippen molar-refractivity contribution in [2.75, 3.05) is 0 Å². The minimum Gasteiger partial charge on any atom is -0.287 e. The van der Waals surface area contributed by atoms with Gasteiger partial charge in [0.1, 0.15) is 17.2 Å². The van der Waals surface area contributed by atoms with E-state index in [4.69, 9.17) is 4.99 Å². The van der Waals surface area contributed by atoms with Gasteiger partial charge in [-0.25, -0.2) is 14.4 Å². The first-order valence-electron chi connectivity index (χ1n) is 12.4. The standard InChI is InChI=1S/C34H23FN2O2/c35-28-21-22-29(36-31(24-13-5-1-6-14-24)33(38)26-17-9-3-10-18-26)30(23-28)37-32(25-15-7-2-8-16-25)34(39)27-19-11-4-12-20-27/h1-23H. The van der Waals surface area contributed by atoms with Crippen molar-refractivity contribution >= 4 is 34.4 Å². The molecule has 0 aromatic heterocycles. The lowest BCUT2D eigenvalue weighted by Gasteiger charge is -2.10. The molecular weight excluding hydrogens is 487 g/mol. The van der Waals surface area contributed by atoms with Crippen molar-refractivity contribution in [2.24, 2.45) is 9.98 Å². The molecule has 0 heterocycles. The van der Waals surface area contributed by atoms with Crippen LogP contribution >= 0.6 is 0 Å². The van der Waals surface area contributed by atoms with Crippen LogP contribution in [-0.2, 0) is 0 Å². The summed E-state index contributed by atoms with van der Waals surface area (Å²) in [6.07, 6.45) is 0. The smallest absolute Gasteiger partial charge is 0.211 e. The van der Waals surface area contributed by atoms with Gasteiger partial charge in [-0.1, -0.05) is 121 Å². The fourth-order valence-corrected chi connectivity index (χ4v) is 4.06. The van der Waals surface area contributed by atoms with E-state index >= 15 is 0 Å². The normalized spacial score (nSPS) is 11.7. The van der Waals surface area contributed by atoms with E-state index in [1.807, 2.05) is 36.4 Å². The molecule has 5 aromatic rings. The van der Waals surface area contributed by atoms with Crippen LogP contribution < -0.4 is 0 Å². The summed E-state index contributed by atoms with van der Waals surface area (Å²) in [7, 11) is 0. The third kappa shape index (κ3) is 6.00. The van der Waals surface area contributed by atoms with Gasteiger partial charge in [-0.05, 0) is 12.1 Å². The zero-order chi connectivity index (χ0) is 27.0. The quantitative estimate of drug-likeness (QED) is 0.158. The van der Waals surface area contributed by atoms with Crippen LogP contribution in [0.2, 0.25) is 0 Å². The number of halogens is 1. The van der Waals surface area contributed by atoms with Gasteiger partial charge >= 0.3 is 0 Å². The molecule has 188 valence electrons. The zero-order valence-electron chi connectivity index (χ0n) is 20.9. The van der Waals surface area contributed by atoms with Crippen LogP contribution in [0, 0.1) is 5.82 Å². The number of hydrogen-bond donors (Lipinski definition) is 0. The highest BCUT2D eigenvalue weighted by Crippen LogP contribution is 2.31. The van der Waals surface area contributed by atoms with Gasteiger partial charge in [0, 0.05) is 28.3 Å².